The van der Waals surface area contributed by atoms with Gasteiger partial charge in [-0.3, -0.25) is 4.68 Å². The van der Waals surface area contributed by atoms with Crippen LogP contribution < -0.4 is 10.9 Å². The van der Waals surface area contributed by atoms with Crippen LogP contribution in [0.15, 0.2) is 45.3 Å². The number of nitrogen functional groups attached to an aromatic ring is 1. The van der Waals surface area contributed by atoms with E-state index in [0.29, 0.717) is 5.69 Å². The minimum atomic E-state index is -3.72. The van der Waals surface area contributed by atoms with E-state index in [4.69, 9.17) is 10.9 Å². The Hall–Kier alpha value is -1.51. The zero-order valence-electron chi connectivity index (χ0n) is 9.57. The van der Waals surface area contributed by atoms with Gasteiger partial charge >= 0.3 is 0 Å². The Labute approximate surface area is 109 Å². The predicted octanol–water partition coefficient (Wildman–Crippen LogP) is 0.801. The van der Waals surface area contributed by atoms with E-state index in [1.807, 2.05) is 13.2 Å². The van der Waals surface area contributed by atoms with Crippen LogP contribution in [0.5, 0.6) is 0 Å². The second-order valence-corrected chi connectivity index (χ2v) is 6.37. The Balaban J connectivity index is 2.31. The molecule has 0 aliphatic carbocycles. The monoisotopic (exact) mass is 284 g/mol. The number of benzene rings is 1. The molecule has 0 aliphatic heterocycles. The molecule has 0 radical (unpaired) electrons. The van der Waals surface area contributed by atoms with Gasteiger partial charge in [-0.05, 0) is 18.2 Å². The number of nitrogens with zero attached hydrogens (tertiary/aromatic N) is 2. The Morgan fingerprint density at radius 3 is 2.61 bits per heavy atom. The summed E-state index contributed by atoms with van der Waals surface area (Å²) in [7, 11) is -1.90. The first-order chi connectivity index (χ1) is 8.36. The van der Waals surface area contributed by atoms with Gasteiger partial charge in [-0.25, -0.2) is 13.6 Å². The van der Waals surface area contributed by atoms with Crippen LogP contribution in [0.3, 0.4) is 0 Å². The Morgan fingerprint density at radius 2 is 2.11 bits per heavy atom. The number of aromatic nitrogens is 2. The van der Waals surface area contributed by atoms with Gasteiger partial charge in [-0.1, -0.05) is 11.8 Å². The summed E-state index contributed by atoms with van der Waals surface area (Å²) < 4.78 is 24.0. The van der Waals surface area contributed by atoms with Crippen molar-refractivity contribution in [2.75, 3.05) is 5.73 Å². The molecular weight excluding hydrogens is 272 g/mol. The molecule has 0 bridgehead atoms. The molecule has 18 heavy (non-hydrogen) atoms. The fourth-order valence-corrected chi connectivity index (χ4v) is 2.80. The van der Waals surface area contributed by atoms with E-state index in [-0.39, 0.29) is 4.90 Å². The van der Waals surface area contributed by atoms with Gasteiger partial charge < -0.3 is 5.73 Å². The van der Waals surface area contributed by atoms with Crippen LogP contribution in [0.4, 0.5) is 5.69 Å². The summed E-state index contributed by atoms with van der Waals surface area (Å²) in [6, 6.07) is 4.42. The zero-order valence-corrected chi connectivity index (χ0v) is 11.2. The fourth-order valence-electron chi connectivity index (χ4n) is 1.37. The predicted molar refractivity (Wildman–Crippen MR) is 69.6 cm³/mol. The van der Waals surface area contributed by atoms with Crippen molar-refractivity contribution in [3.63, 3.8) is 0 Å². The van der Waals surface area contributed by atoms with E-state index in [9.17, 15) is 8.42 Å². The molecule has 0 amide bonds. The van der Waals surface area contributed by atoms with Crippen LogP contribution in [0, 0.1) is 0 Å². The van der Waals surface area contributed by atoms with Crippen molar-refractivity contribution >= 4 is 27.5 Å². The van der Waals surface area contributed by atoms with Gasteiger partial charge in [0.2, 0.25) is 10.0 Å². The maximum absolute atomic E-state index is 11.2. The van der Waals surface area contributed by atoms with Gasteiger partial charge in [-0.15, -0.1) is 0 Å². The molecule has 0 aliphatic rings. The number of sulfonamides is 1. The molecule has 0 saturated heterocycles. The highest BCUT2D eigenvalue weighted by molar-refractivity contribution is 7.99. The lowest BCUT2D eigenvalue weighted by molar-refractivity contribution is 0.598. The normalized spacial score (nSPS) is 11.7. The molecular formula is C10H12N4O2S2. The molecule has 0 fully saturated rings. The lowest BCUT2D eigenvalue weighted by Gasteiger charge is -2.05. The highest BCUT2D eigenvalue weighted by atomic mass is 32.2. The Bertz CT molecular complexity index is 679. The first kappa shape index (κ1) is 12.9. The summed E-state index contributed by atoms with van der Waals surface area (Å²) in [5.41, 5.74) is 6.18. The Kier molecular flexibility index (Phi) is 3.33. The van der Waals surface area contributed by atoms with E-state index in [1.165, 1.54) is 23.9 Å². The number of aryl methyl sites for hydroxylation is 1. The highest BCUT2D eigenvalue weighted by Crippen LogP contribution is 2.32. The van der Waals surface area contributed by atoms with Crippen molar-refractivity contribution in [2.45, 2.75) is 14.7 Å². The lowest BCUT2D eigenvalue weighted by atomic mass is 10.3. The quantitative estimate of drug-likeness (QED) is 0.811. The van der Waals surface area contributed by atoms with Crippen molar-refractivity contribution in [2.24, 2.45) is 12.2 Å². The number of primary sulfonamides is 1. The van der Waals surface area contributed by atoms with Crippen LogP contribution in [0.25, 0.3) is 0 Å². The second-order valence-electron chi connectivity index (χ2n) is 3.70. The molecule has 0 unspecified atom stereocenters. The smallest absolute Gasteiger partial charge is 0.238 e. The van der Waals surface area contributed by atoms with Crippen LogP contribution in [-0.2, 0) is 17.1 Å². The minimum absolute atomic E-state index is 0.00976. The van der Waals surface area contributed by atoms with Crippen molar-refractivity contribution in [3.05, 3.63) is 30.6 Å². The van der Waals surface area contributed by atoms with Gasteiger partial charge in [0.25, 0.3) is 0 Å². The van der Waals surface area contributed by atoms with Crippen molar-refractivity contribution in [3.8, 4) is 0 Å². The van der Waals surface area contributed by atoms with Crippen LogP contribution in [-0.4, -0.2) is 18.2 Å². The summed E-state index contributed by atoms with van der Waals surface area (Å²) in [6.45, 7) is 0. The number of rotatable bonds is 3. The third-order valence-corrected chi connectivity index (χ3v) is 4.17. The summed E-state index contributed by atoms with van der Waals surface area (Å²) in [4.78, 5) is 1.69. The number of hydrogen-bond donors (Lipinski definition) is 2. The van der Waals surface area contributed by atoms with Crippen molar-refractivity contribution in [1.29, 1.82) is 0 Å². The SMILES string of the molecule is Cn1cc(Sc2ccc(S(N)(=O)=O)cc2N)cn1. The first-order valence-electron chi connectivity index (χ1n) is 4.95. The second kappa shape index (κ2) is 4.63. The number of anilines is 1. The van der Waals surface area contributed by atoms with Crippen LogP contribution in [0.2, 0.25) is 0 Å². The molecule has 8 heteroatoms. The number of nitrogens with two attached hydrogens (primary N) is 2. The third-order valence-electron chi connectivity index (χ3n) is 2.22. The topological polar surface area (TPSA) is 104 Å². The fraction of sp³-hybridized carbons (Fsp3) is 0.100. The number of hydrogen-bond acceptors (Lipinski definition) is 5. The van der Waals surface area contributed by atoms with Gasteiger partial charge in [0, 0.05) is 23.8 Å². The standard InChI is InChI=1S/C10H12N4O2S2/c1-14-6-7(5-13-14)17-10-3-2-8(4-9(10)11)18(12,15)16/h2-6H,11H2,1H3,(H2,12,15,16). The molecule has 0 atom stereocenters. The van der Waals surface area contributed by atoms with E-state index in [0.717, 1.165) is 9.79 Å². The maximum atomic E-state index is 11.2. The molecule has 2 aromatic rings. The summed E-state index contributed by atoms with van der Waals surface area (Å²) in [5.74, 6) is 0. The molecule has 4 N–H and O–H groups in total. The van der Waals surface area contributed by atoms with Gasteiger partial charge in [-0.2, -0.15) is 5.10 Å². The van der Waals surface area contributed by atoms with Gasteiger partial charge in [0.1, 0.15) is 0 Å². The van der Waals surface area contributed by atoms with E-state index in [1.54, 1.807) is 16.9 Å². The van der Waals surface area contributed by atoms with Gasteiger partial charge in [0.15, 0.2) is 0 Å². The van der Waals surface area contributed by atoms with Crippen LogP contribution in [0.1, 0.15) is 0 Å². The Morgan fingerprint density at radius 1 is 1.39 bits per heavy atom. The minimum Gasteiger partial charge on any atom is -0.398 e. The molecule has 6 nitrogen and oxygen atoms in total. The van der Waals surface area contributed by atoms with Crippen LogP contribution >= 0.6 is 11.8 Å². The molecule has 1 heterocycles. The first-order valence-corrected chi connectivity index (χ1v) is 7.31. The van der Waals surface area contributed by atoms with Gasteiger partial charge in [0.05, 0.1) is 16.0 Å². The van der Waals surface area contributed by atoms with Crippen molar-refractivity contribution < 1.29 is 8.42 Å². The van der Waals surface area contributed by atoms with E-state index >= 15 is 0 Å². The average molecular weight is 284 g/mol. The molecule has 1 aromatic heterocycles. The van der Waals surface area contributed by atoms with E-state index in [2.05, 4.69) is 5.10 Å². The largest absolute Gasteiger partial charge is 0.398 e. The molecule has 96 valence electrons. The zero-order chi connectivity index (χ0) is 13.3. The molecule has 2 rings (SSSR count). The summed E-state index contributed by atoms with van der Waals surface area (Å²) in [6.07, 6.45) is 3.55. The molecule has 0 spiro atoms. The highest BCUT2D eigenvalue weighted by Gasteiger charge is 2.11. The summed E-state index contributed by atoms with van der Waals surface area (Å²) in [5, 5.41) is 9.07. The summed E-state index contributed by atoms with van der Waals surface area (Å²) >= 11 is 1.41. The third kappa shape index (κ3) is 2.84. The lowest BCUT2D eigenvalue weighted by Crippen LogP contribution is -2.12. The van der Waals surface area contributed by atoms with E-state index < -0.39 is 10.0 Å². The molecule has 0 saturated carbocycles. The maximum Gasteiger partial charge on any atom is 0.238 e. The van der Waals surface area contributed by atoms with Crippen molar-refractivity contribution in [1.82, 2.24) is 9.78 Å². The average Bonchev–Trinajstić information content (AvgIpc) is 2.65. The molecule has 1 aromatic carbocycles.